The first kappa shape index (κ1) is 24.4. The molecule has 0 rings (SSSR count). The minimum Gasteiger partial charge on any atom is -0.463 e. The average molecular weight is 292 g/mol. The zero-order chi connectivity index (χ0) is 16.4. The van der Waals surface area contributed by atoms with Crippen molar-refractivity contribution in [1.29, 1.82) is 0 Å². The predicted molar refractivity (Wildman–Crippen MR) is 86.2 cm³/mol. The lowest BCUT2D eigenvalue weighted by Gasteiger charge is -2.11. The number of likely N-dealkylation sites (N-methyl/N-ethyl adjacent to an activating group) is 1. The van der Waals surface area contributed by atoms with Gasteiger partial charge in [-0.3, -0.25) is 4.79 Å². The number of carbonyl (C=O) groups excluding carboxylic acids is 1. The Morgan fingerprint density at radius 1 is 0.800 bits per heavy atom. The van der Waals surface area contributed by atoms with Gasteiger partial charge in [-0.05, 0) is 28.2 Å². The van der Waals surface area contributed by atoms with Gasteiger partial charge < -0.3 is 19.3 Å². The molecule has 0 unspecified atom stereocenters. The second kappa shape index (κ2) is 20.7. The van der Waals surface area contributed by atoms with Gasteiger partial charge in [0.2, 0.25) is 0 Å². The summed E-state index contributed by atoms with van der Waals surface area (Å²) in [6, 6.07) is 0. The molecular formula is C15H36N2O3. The van der Waals surface area contributed by atoms with Crippen LogP contribution in [0.5, 0.6) is 0 Å². The highest BCUT2D eigenvalue weighted by molar-refractivity contribution is 5.69. The van der Waals surface area contributed by atoms with Crippen LogP contribution in [0.1, 0.15) is 34.1 Å². The first-order valence-electron chi connectivity index (χ1n) is 7.55. The highest BCUT2D eigenvalue weighted by Crippen LogP contribution is 1.89. The topological polar surface area (TPSA) is 42.0 Å². The minimum atomic E-state index is -0.162. The number of hydrogen-bond acceptors (Lipinski definition) is 5. The third-order valence-electron chi connectivity index (χ3n) is 1.94. The Hall–Kier alpha value is -0.650. The predicted octanol–water partition coefficient (Wildman–Crippen LogP) is 2.11. The fraction of sp³-hybridized carbons (Fsp3) is 0.933. The fourth-order valence-electron chi connectivity index (χ4n) is 0.951. The van der Waals surface area contributed by atoms with E-state index in [9.17, 15) is 4.79 Å². The van der Waals surface area contributed by atoms with E-state index in [0.717, 1.165) is 13.1 Å². The highest BCUT2D eigenvalue weighted by atomic mass is 16.6. The number of hydrogen-bond donors (Lipinski definition) is 0. The quantitative estimate of drug-likeness (QED) is 0.481. The van der Waals surface area contributed by atoms with E-state index in [1.807, 2.05) is 65.7 Å². The molecule has 20 heavy (non-hydrogen) atoms. The molecule has 0 fully saturated rings. The molecule has 0 aliphatic rings. The van der Waals surface area contributed by atoms with E-state index >= 15 is 0 Å². The summed E-state index contributed by atoms with van der Waals surface area (Å²) in [5.41, 5.74) is 0. The Bertz CT molecular complexity index is 186. The Morgan fingerprint density at radius 3 is 1.75 bits per heavy atom. The van der Waals surface area contributed by atoms with Crippen LogP contribution in [-0.4, -0.2) is 76.9 Å². The Labute approximate surface area is 126 Å². The van der Waals surface area contributed by atoms with E-state index in [2.05, 4.69) is 0 Å². The third kappa shape index (κ3) is 26.0. The first-order chi connectivity index (χ1) is 9.52. The van der Waals surface area contributed by atoms with Gasteiger partial charge in [0.25, 0.3) is 0 Å². The molecule has 0 aliphatic heterocycles. The van der Waals surface area contributed by atoms with E-state index in [1.165, 1.54) is 0 Å². The molecule has 0 radical (unpaired) electrons. The maximum absolute atomic E-state index is 11.2. The lowest BCUT2D eigenvalue weighted by atomic mass is 10.4. The third-order valence-corrected chi connectivity index (χ3v) is 1.94. The van der Waals surface area contributed by atoms with Crippen molar-refractivity contribution in [3.63, 3.8) is 0 Å². The molecule has 0 amide bonds. The Morgan fingerprint density at radius 2 is 1.30 bits per heavy atom. The highest BCUT2D eigenvalue weighted by Gasteiger charge is 2.02. The van der Waals surface area contributed by atoms with Crippen molar-refractivity contribution in [3.05, 3.63) is 0 Å². The molecule has 5 nitrogen and oxygen atoms in total. The van der Waals surface area contributed by atoms with E-state index < -0.39 is 0 Å². The van der Waals surface area contributed by atoms with Crippen molar-refractivity contribution in [3.8, 4) is 0 Å². The molecule has 0 saturated carbocycles. The van der Waals surface area contributed by atoms with Crippen LogP contribution in [0.3, 0.4) is 0 Å². The van der Waals surface area contributed by atoms with Crippen LogP contribution in [0.15, 0.2) is 0 Å². The monoisotopic (exact) mass is 292 g/mol. The summed E-state index contributed by atoms with van der Waals surface area (Å²) in [5.74, 6) is -0.162. The minimum absolute atomic E-state index is 0.162. The van der Waals surface area contributed by atoms with Gasteiger partial charge in [0.15, 0.2) is 0 Å². The lowest BCUT2D eigenvalue weighted by molar-refractivity contribution is -0.145. The molecule has 0 aromatic rings. The Kier molecular flexibility index (Phi) is 25.2. The van der Waals surface area contributed by atoms with Crippen LogP contribution in [0.2, 0.25) is 0 Å². The fourth-order valence-corrected chi connectivity index (χ4v) is 0.951. The van der Waals surface area contributed by atoms with Gasteiger partial charge in [-0.1, -0.05) is 27.7 Å². The summed E-state index contributed by atoms with van der Waals surface area (Å²) in [6.45, 7) is 11.1. The van der Waals surface area contributed by atoms with Crippen molar-refractivity contribution < 1.29 is 14.3 Å². The second-order valence-corrected chi connectivity index (χ2v) is 4.19. The van der Waals surface area contributed by atoms with E-state index in [1.54, 1.807) is 0 Å². The van der Waals surface area contributed by atoms with Crippen LogP contribution in [-0.2, 0) is 14.3 Å². The van der Waals surface area contributed by atoms with E-state index in [0.29, 0.717) is 26.2 Å². The lowest BCUT2D eigenvalue weighted by Crippen LogP contribution is -2.21. The summed E-state index contributed by atoms with van der Waals surface area (Å²) >= 11 is 0. The van der Waals surface area contributed by atoms with Crippen LogP contribution in [0.25, 0.3) is 0 Å². The average Bonchev–Trinajstić information content (AvgIpc) is 2.44. The van der Waals surface area contributed by atoms with Crippen LogP contribution >= 0.6 is 0 Å². The summed E-state index contributed by atoms with van der Waals surface area (Å²) in [5, 5.41) is 0. The molecule has 0 spiro atoms. The smallest absolute Gasteiger partial charge is 0.307 e. The van der Waals surface area contributed by atoms with Crippen molar-refractivity contribution in [2.45, 2.75) is 34.1 Å². The van der Waals surface area contributed by atoms with Crippen LogP contribution in [0.4, 0.5) is 0 Å². The molecule has 0 heterocycles. The van der Waals surface area contributed by atoms with E-state index in [-0.39, 0.29) is 5.97 Å². The molecule has 5 heteroatoms. The Balaban J connectivity index is -0.000000656. The van der Waals surface area contributed by atoms with Gasteiger partial charge in [0, 0.05) is 13.1 Å². The maximum Gasteiger partial charge on any atom is 0.307 e. The molecule has 0 aliphatic carbocycles. The molecule has 0 bridgehead atoms. The number of rotatable bonds is 9. The first-order valence-corrected chi connectivity index (χ1v) is 7.55. The number of carbonyl (C=O) groups is 1. The largest absolute Gasteiger partial charge is 0.463 e. The molecule has 0 atom stereocenters. The molecule has 0 saturated heterocycles. The molecular weight excluding hydrogens is 256 g/mol. The van der Waals surface area contributed by atoms with Crippen LogP contribution in [0, 0.1) is 0 Å². The van der Waals surface area contributed by atoms with E-state index in [4.69, 9.17) is 9.47 Å². The summed E-state index contributed by atoms with van der Waals surface area (Å²) in [6.07, 6.45) is 0.435. The standard InChI is InChI=1S/C11H24N2O3.2C2H6/c1-12(2)6-5-11(14)16-10-9-15-8-7-13(3)4;2*1-2/h5-10H2,1-4H3;2*1-2H3. The molecule has 124 valence electrons. The molecule has 0 aromatic heterocycles. The van der Waals surface area contributed by atoms with Crippen molar-refractivity contribution in [2.75, 3.05) is 61.1 Å². The number of esters is 1. The van der Waals surface area contributed by atoms with Crippen molar-refractivity contribution >= 4 is 5.97 Å². The van der Waals surface area contributed by atoms with Gasteiger partial charge in [0.05, 0.1) is 19.6 Å². The second-order valence-electron chi connectivity index (χ2n) is 4.19. The zero-order valence-corrected chi connectivity index (χ0v) is 14.9. The van der Waals surface area contributed by atoms with Crippen molar-refractivity contribution in [2.24, 2.45) is 0 Å². The zero-order valence-electron chi connectivity index (χ0n) is 14.9. The summed E-state index contributed by atoms with van der Waals surface area (Å²) < 4.78 is 10.3. The van der Waals surface area contributed by atoms with Gasteiger partial charge >= 0.3 is 5.97 Å². The summed E-state index contributed by atoms with van der Waals surface area (Å²) in [7, 11) is 7.84. The van der Waals surface area contributed by atoms with Gasteiger partial charge in [-0.25, -0.2) is 0 Å². The van der Waals surface area contributed by atoms with Gasteiger partial charge in [-0.2, -0.15) is 0 Å². The van der Waals surface area contributed by atoms with Crippen molar-refractivity contribution in [1.82, 2.24) is 9.80 Å². The SMILES string of the molecule is CC.CC.CN(C)CCOCCOC(=O)CCN(C)C. The molecule has 0 N–H and O–H groups in total. The van der Waals surface area contributed by atoms with Gasteiger partial charge in [0.1, 0.15) is 6.61 Å². The number of ether oxygens (including phenoxy) is 2. The number of nitrogens with zero attached hydrogens (tertiary/aromatic N) is 2. The molecule has 0 aromatic carbocycles. The van der Waals surface area contributed by atoms with Crippen LogP contribution < -0.4 is 0 Å². The van der Waals surface area contributed by atoms with Gasteiger partial charge in [-0.15, -0.1) is 0 Å². The normalized spacial score (nSPS) is 9.50. The maximum atomic E-state index is 11.2. The summed E-state index contributed by atoms with van der Waals surface area (Å²) in [4.78, 5) is 15.2.